The lowest BCUT2D eigenvalue weighted by Crippen LogP contribution is -2.45. The highest BCUT2D eigenvalue weighted by Crippen LogP contribution is 2.47. The molecule has 31 heavy (non-hydrogen) atoms. The number of benzene rings is 3. The van der Waals surface area contributed by atoms with Crippen LogP contribution in [-0.2, 0) is 19.5 Å². The Balaban J connectivity index is 0.00000231. The number of nitrogens with zero attached hydrogens (tertiary/aromatic N) is 1. The van der Waals surface area contributed by atoms with Crippen LogP contribution in [0.2, 0.25) is 0 Å². The van der Waals surface area contributed by atoms with E-state index in [4.69, 9.17) is 9.47 Å². The molecule has 3 aromatic rings. The second kappa shape index (κ2) is 8.94. The molecule has 1 aliphatic heterocycles. The van der Waals surface area contributed by atoms with E-state index >= 15 is 0 Å². The number of hydrogen-bond acceptors (Lipinski definition) is 3. The quantitative estimate of drug-likeness (QED) is 0.509. The SMILES string of the molecule is COc1cc2c(cc1OC)[C@H]1c3cc(C)ccc3CN(Cc3ccccc3)[C@@H]1CC2.Cl. The van der Waals surface area contributed by atoms with Crippen molar-refractivity contribution in [2.75, 3.05) is 14.2 Å². The van der Waals surface area contributed by atoms with Crippen molar-refractivity contribution in [2.24, 2.45) is 0 Å². The molecule has 162 valence electrons. The van der Waals surface area contributed by atoms with Gasteiger partial charge in [0.15, 0.2) is 11.5 Å². The van der Waals surface area contributed by atoms with E-state index < -0.39 is 0 Å². The molecule has 0 N–H and O–H groups in total. The summed E-state index contributed by atoms with van der Waals surface area (Å²) in [6.45, 7) is 4.19. The Morgan fingerprint density at radius 1 is 0.871 bits per heavy atom. The Morgan fingerprint density at radius 3 is 2.32 bits per heavy atom. The molecule has 4 heteroatoms. The van der Waals surface area contributed by atoms with Gasteiger partial charge in [0, 0.05) is 25.0 Å². The second-order valence-electron chi connectivity index (χ2n) is 8.58. The van der Waals surface area contributed by atoms with Crippen molar-refractivity contribution in [1.29, 1.82) is 0 Å². The van der Waals surface area contributed by atoms with Gasteiger partial charge in [-0.3, -0.25) is 4.90 Å². The minimum atomic E-state index is 0. The van der Waals surface area contributed by atoms with E-state index in [0.717, 1.165) is 37.4 Å². The number of aryl methyl sites for hydroxylation is 2. The fourth-order valence-electron chi connectivity index (χ4n) is 5.36. The Kier molecular flexibility index (Phi) is 6.27. The molecule has 3 aromatic carbocycles. The van der Waals surface area contributed by atoms with E-state index in [1.807, 2.05) is 0 Å². The molecule has 0 saturated carbocycles. The lowest BCUT2D eigenvalue weighted by Gasteiger charge is -2.46. The van der Waals surface area contributed by atoms with Gasteiger partial charge < -0.3 is 9.47 Å². The van der Waals surface area contributed by atoms with Crippen molar-refractivity contribution < 1.29 is 9.47 Å². The standard InChI is InChI=1S/C27H29NO2.ClH/c1-18-9-10-21-17-28(16-19-7-5-4-6-8-19)24-12-11-20-14-25(29-2)26(30-3)15-23(20)27(24)22(21)13-18;/h4-10,13-15,24,27H,11-12,16-17H2,1-3H3;1H/t24-,27-;/m1./s1. The van der Waals surface area contributed by atoms with Crippen molar-refractivity contribution in [1.82, 2.24) is 4.90 Å². The Bertz CT molecular complexity index is 1070. The summed E-state index contributed by atoms with van der Waals surface area (Å²) in [4.78, 5) is 2.68. The summed E-state index contributed by atoms with van der Waals surface area (Å²) in [6, 6.07) is 22.7. The van der Waals surface area contributed by atoms with Gasteiger partial charge in [0.1, 0.15) is 0 Å². The largest absolute Gasteiger partial charge is 0.493 e. The summed E-state index contributed by atoms with van der Waals surface area (Å²) in [5, 5.41) is 0. The molecule has 0 aromatic heterocycles. The minimum absolute atomic E-state index is 0. The first kappa shape index (κ1) is 21.7. The number of ether oxygens (including phenoxy) is 2. The van der Waals surface area contributed by atoms with Crippen LogP contribution in [-0.4, -0.2) is 25.2 Å². The summed E-state index contributed by atoms with van der Waals surface area (Å²) in [6.07, 6.45) is 2.23. The van der Waals surface area contributed by atoms with Crippen LogP contribution >= 0.6 is 12.4 Å². The van der Waals surface area contributed by atoms with Crippen LogP contribution in [0, 0.1) is 6.92 Å². The van der Waals surface area contributed by atoms with E-state index in [1.54, 1.807) is 14.2 Å². The van der Waals surface area contributed by atoms with Crippen LogP contribution in [0.3, 0.4) is 0 Å². The van der Waals surface area contributed by atoms with Gasteiger partial charge in [0.05, 0.1) is 14.2 Å². The average molecular weight is 436 g/mol. The molecule has 0 saturated heterocycles. The maximum Gasteiger partial charge on any atom is 0.161 e. The van der Waals surface area contributed by atoms with Crippen molar-refractivity contribution >= 4 is 12.4 Å². The van der Waals surface area contributed by atoms with E-state index in [9.17, 15) is 0 Å². The van der Waals surface area contributed by atoms with Gasteiger partial charge in [0.2, 0.25) is 0 Å². The monoisotopic (exact) mass is 435 g/mol. The fourth-order valence-corrected chi connectivity index (χ4v) is 5.36. The molecule has 0 unspecified atom stereocenters. The Morgan fingerprint density at radius 2 is 1.58 bits per heavy atom. The smallest absolute Gasteiger partial charge is 0.161 e. The summed E-state index contributed by atoms with van der Waals surface area (Å²) in [7, 11) is 3.45. The topological polar surface area (TPSA) is 21.7 Å². The number of methoxy groups -OCH3 is 2. The fraction of sp³-hybridized carbons (Fsp3) is 0.333. The lowest BCUT2D eigenvalue weighted by atomic mass is 9.71. The highest BCUT2D eigenvalue weighted by molar-refractivity contribution is 5.85. The molecule has 0 amide bonds. The zero-order valence-corrected chi connectivity index (χ0v) is 19.2. The maximum atomic E-state index is 5.68. The van der Waals surface area contributed by atoms with Crippen LogP contribution < -0.4 is 9.47 Å². The summed E-state index contributed by atoms with van der Waals surface area (Å²) in [5.74, 6) is 2.02. The maximum absolute atomic E-state index is 5.68. The molecule has 0 bridgehead atoms. The molecule has 0 fully saturated rings. The minimum Gasteiger partial charge on any atom is -0.493 e. The molecular formula is C27H30ClNO2. The van der Waals surface area contributed by atoms with Crippen molar-refractivity contribution in [3.8, 4) is 11.5 Å². The number of fused-ring (bicyclic) bond motifs is 5. The number of rotatable bonds is 4. The van der Waals surface area contributed by atoms with Gasteiger partial charge in [-0.15, -0.1) is 12.4 Å². The first-order valence-electron chi connectivity index (χ1n) is 10.8. The summed E-state index contributed by atoms with van der Waals surface area (Å²) < 4.78 is 11.3. The van der Waals surface area contributed by atoms with Gasteiger partial charge in [-0.1, -0.05) is 54.1 Å². The molecule has 1 heterocycles. The predicted octanol–water partition coefficient (Wildman–Crippen LogP) is 5.90. The van der Waals surface area contributed by atoms with E-state index in [2.05, 4.69) is 72.5 Å². The molecule has 5 rings (SSSR count). The van der Waals surface area contributed by atoms with Crippen LogP contribution in [0.25, 0.3) is 0 Å². The molecule has 3 nitrogen and oxygen atoms in total. The molecule has 0 radical (unpaired) electrons. The van der Waals surface area contributed by atoms with Crippen molar-refractivity contribution in [3.05, 3.63) is 94.0 Å². The van der Waals surface area contributed by atoms with Crippen molar-refractivity contribution in [2.45, 2.75) is 44.8 Å². The number of halogens is 1. The summed E-state index contributed by atoms with van der Waals surface area (Å²) in [5.41, 5.74) is 8.43. The van der Waals surface area contributed by atoms with Crippen molar-refractivity contribution in [3.63, 3.8) is 0 Å². The number of hydrogen-bond donors (Lipinski definition) is 0. The molecule has 2 atom stereocenters. The zero-order valence-electron chi connectivity index (χ0n) is 18.4. The van der Waals surface area contributed by atoms with Gasteiger partial charge in [0.25, 0.3) is 0 Å². The third-order valence-corrected chi connectivity index (χ3v) is 6.78. The van der Waals surface area contributed by atoms with Crippen LogP contribution in [0.1, 0.15) is 45.7 Å². The van der Waals surface area contributed by atoms with Crippen LogP contribution in [0.4, 0.5) is 0 Å². The predicted molar refractivity (Wildman–Crippen MR) is 128 cm³/mol. The van der Waals surface area contributed by atoms with Gasteiger partial charge in [-0.2, -0.15) is 0 Å². The third-order valence-electron chi connectivity index (χ3n) is 6.78. The van der Waals surface area contributed by atoms with Crippen LogP contribution in [0.5, 0.6) is 11.5 Å². The molecule has 2 aliphatic rings. The van der Waals surface area contributed by atoms with E-state index in [-0.39, 0.29) is 12.4 Å². The first-order valence-corrected chi connectivity index (χ1v) is 10.8. The normalized spacial score (nSPS) is 19.5. The zero-order chi connectivity index (χ0) is 20.7. The Hall–Kier alpha value is -2.49. The average Bonchev–Trinajstić information content (AvgIpc) is 2.78. The van der Waals surface area contributed by atoms with Gasteiger partial charge >= 0.3 is 0 Å². The van der Waals surface area contributed by atoms with Gasteiger partial charge in [-0.05, 0) is 59.7 Å². The first-order chi connectivity index (χ1) is 14.7. The molecule has 0 spiro atoms. The van der Waals surface area contributed by atoms with E-state index in [1.165, 1.54) is 33.4 Å². The van der Waals surface area contributed by atoms with E-state index in [0.29, 0.717) is 12.0 Å². The van der Waals surface area contributed by atoms with Gasteiger partial charge in [-0.25, -0.2) is 0 Å². The molecule has 1 aliphatic carbocycles. The van der Waals surface area contributed by atoms with Crippen LogP contribution in [0.15, 0.2) is 60.7 Å². The Labute approximate surface area is 191 Å². The second-order valence-corrected chi connectivity index (χ2v) is 8.58. The highest BCUT2D eigenvalue weighted by Gasteiger charge is 2.40. The highest BCUT2D eigenvalue weighted by atomic mass is 35.5. The molecular weight excluding hydrogens is 406 g/mol. The summed E-state index contributed by atoms with van der Waals surface area (Å²) >= 11 is 0. The lowest BCUT2D eigenvalue weighted by molar-refractivity contribution is 0.132. The third kappa shape index (κ3) is 3.93.